The van der Waals surface area contributed by atoms with Crippen LogP contribution >= 0.6 is 27.5 Å². The Morgan fingerprint density at radius 2 is 1.65 bits per heavy atom. The zero-order valence-electron chi connectivity index (χ0n) is 13.2. The van der Waals surface area contributed by atoms with Crippen molar-refractivity contribution in [1.29, 1.82) is 0 Å². The first-order chi connectivity index (χ1) is 11.9. The summed E-state index contributed by atoms with van der Waals surface area (Å²) in [7, 11) is 0. The van der Waals surface area contributed by atoms with Crippen LogP contribution in [0.5, 0.6) is 0 Å². The Kier molecular flexibility index (Phi) is 6.13. The highest BCUT2D eigenvalue weighted by atomic mass is 79.9. The van der Waals surface area contributed by atoms with Crippen LogP contribution in [0.25, 0.3) is 6.08 Å². The van der Waals surface area contributed by atoms with Crippen molar-refractivity contribution >= 4 is 33.6 Å². The van der Waals surface area contributed by atoms with Crippen molar-refractivity contribution < 1.29 is 26.3 Å². The number of allylic oxidation sites excluding steroid dienone is 1. The highest BCUT2D eigenvalue weighted by Crippen LogP contribution is 2.39. The molecule has 0 aliphatic carbocycles. The molecule has 26 heavy (non-hydrogen) atoms. The Morgan fingerprint density at radius 1 is 1.00 bits per heavy atom. The van der Waals surface area contributed by atoms with Crippen LogP contribution in [-0.2, 0) is 6.18 Å². The first kappa shape index (κ1) is 20.8. The van der Waals surface area contributed by atoms with Gasteiger partial charge in [-0.1, -0.05) is 51.8 Å². The summed E-state index contributed by atoms with van der Waals surface area (Å²) < 4.78 is 79.5. The molecule has 0 spiro atoms. The number of benzene rings is 2. The number of hydrogen-bond acceptors (Lipinski definition) is 0. The van der Waals surface area contributed by atoms with Crippen LogP contribution in [0.4, 0.5) is 26.3 Å². The van der Waals surface area contributed by atoms with Crippen molar-refractivity contribution in [2.75, 3.05) is 0 Å². The second-order valence-electron chi connectivity index (χ2n) is 5.65. The van der Waals surface area contributed by atoms with Crippen molar-refractivity contribution in [3.63, 3.8) is 0 Å². The molecule has 0 radical (unpaired) electrons. The van der Waals surface area contributed by atoms with Crippen LogP contribution < -0.4 is 0 Å². The lowest BCUT2D eigenvalue weighted by Gasteiger charge is -2.18. The Bertz CT molecular complexity index is 803. The third-order valence-corrected chi connectivity index (χ3v) is 4.32. The minimum Gasteiger partial charge on any atom is -0.170 e. The van der Waals surface area contributed by atoms with E-state index in [-0.39, 0.29) is 21.7 Å². The number of alkyl halides is 6. The van der Waals surface area contributed by atoms with Crippen molar-refractivity contribution in [3.05, 3.63) is 74.2 Å². The summed E-state index contributed by atoms with van der Waals surface area (Å²) in [5.74, 6) is -2.01. The predicted octanol–water partition coefficient (Wildman–Crippen LogP) is 7.79. The third kappa shape index (κ3) is 5.27. The van der Waals surface area contributed by atoms with E-state index in [1.165, 1.54) is 37.3 Å². The van der Waals surface area contributed by atoms with Crippen LogP contribution in [0.3, 0.4) is 0 Å². The smallest absolute Gasteiger partial charge is 0.170 e. The molecule has 2 rings (SSSR count). The van der Waals surface area contributed by atoms with E-state index in [1.54, 1.807) is 0 Å². The van der Waals surface area contributed by atoms with Gasteiger partial charge in [0.2, 0.25) is 0 Å². The summed E-state index contributed by atoms with van der Waals surface area (Å²) in [6, 6.07) is 7.27. The molecule has 140 valence electrons. The van der Waals surface area contributed by atoms with Crippen molar-refractivity contribution in [1.82, 2.24) is 0 Å². The van der Waals surface area contributed by atoms with Gasteiger partial charge in [-0.2, -0.15) is 26.3 Å². The summed E-state index contributed by atoms with van der Waals surface area (Å²) >= 11 is 8.89. The van der Waals surface area contributed by atoms with Crippen molar-refractivity contribution in [3.8, 4) is 0 Å². The summed E-state index contributed by atoms with van der Waals surface area (Å²) in [5, 5.41) is 0.117. The van der Waals surface area contributed by atoms with Crippen LogP contribution in [-0.4, -0.2) is 6.18 Å². The van der Waals surface area contributed by atoms with E-state index in [4.69, 9.17) is 11.6 Å². The van der Waals surface area contributed by atoms with Crippen LogP contribution in [0.15, 0.2) is 46.9 Å². The lowest BCUT2D eigenvalue weighted by molar-refractivity contribution is -0.139. The van der Waals surface area contributed by atoms with E-state index in [9.17, 15) is 26.3 Å². The third-order valence-electron chi connectivity index (χ3n) is 3.64. The monoisotopic (exact) mass is 456 g/mol. The minimum absolute atomic E-state index is 0.000734. The molecule has 0 fully saturated rings. The zero-order chi connectivity index (χ0) is 19.7. The molecular formula is C18H12BrClF6. The molecule has 1 unspecified atom stereocenters. The molecule has 8 heteroatoms. The van der Waals surface area contributed by atoms with Crippen LogP contribution in [0.1, 0.15) is 28.2 Å². The molecule has 0 aliphatic rings. The summed E-state index contributed by atoms with van der Waals surface area (Å²) in [6.45, 7) is 1.29. The first-order valence-electron chi connectivity index (χ1n) is 7.26. The molecule has 0 amide bonds. The fourth-order valence-electron chi connectivity index (χ4n) is 2.42. The molecular weight excluding hydrogens is 446 g/mol. The average molecular weight is 458 g/mol. The van der Waals surface area contributed by atoms with Gasteiger partial charge in [-0.15, -0.1) is 0 Å². The summed E-state index contributed by atoms with van der Waals surface area (Å²) in [5.41, 5.74) is -0.968. The van der Waals surface area contributed by atoms with Gasteiger partial charge in [0.05, 0.1) is 11.5 Å². The molecule has 0 N–H and O–H groups in total. The first-order valence-corrected chi connectivity index (χ1v) is 8.44. The molecule has 0 heterocycles. The number of halogens is 8. The van der Waals surface area contributed by atoms with Crippen molar-refractivity contribution in [2.24, 2.45) is 0 Å². The Hall–Kier alpha value is -1.47. The van der Waals surface area contributed by atoms with Gasteiger partial charge in [-0.25, -0.2) is 0 Å². The van der Waals surface area contributed by atoms with Gasteiger partial charge in [0.15, 0.2) is 0 Å². The molecule has 2 aromatic carbocycles. The Labute approximate surface area is 159 Å². The number of rotatable bonds is 3. The molecule has 0 aromatic heterocycles. The molecule has 0 nitrogen and oxygen atoms in total. The van der Waals surface area contributed by atoms with Crippen LogP contribution in [0.2, 0.25) is 5.02 Å². The molecule has 1 atom stereocenters. The van der Waals surface area contributed by atoms with Gasteiger partial charge in [0, 0.05) is 9.50 Å². The van der Waals surface area contributed by atoms with E-state index in [2.05, 4.69) is 15.9 Å². The number of hydrogen-bond donors (Lipinski definition) is 0. The largest absolute Gasteiger partial charge is 0.416 e. The van der Waals surface area contributed by atoms with E-state index >= 15 is 0 Å². The molecule has 0 aliphatic heterocycles. The van der Waals surface area contributed by atoms with Crippen molar-refractivity contribution in [2.45, 2.75) is 25.2 Å². The van der Waals surface area contributed by atoms with E-state index < -0.39 is 23.8 Å². The molecule has 0 saturated carbocycles. The lowest BCUT2D eigenvalue weighted by atomic mass is 9.96. The fraction of sp³-hybridized carbons (Fsp3) is 0.222. The van der Waals surface area contributed by atoms with Gasteiger partial charge < -0.3 is 0 Å². The topological polar surface area (TPSA) is 0 Å². The molecule has 0 bridgehead atoms. The lowest BCUT2D eigenvalue weighted by Crippen LogP contribution is -2.19. The normalized spacial score (nSPS) is 14.0. The highest BCUT2D eigenvalue weighted by Gasteiger charge is 2.39. The maximum atomic E-state index is 13.4. The summed E-state index contributed by atoms with van der Waals surface area (Å²) in [4.78, 5) is 0. The van der Waals surface area contributed by atoms with Gasteiger partial charge in [0.1, 0.15) is 0 Å². The van der Waals surface area contributed by atoms with E-state index in [0.29, 0.717) is 4.47 Å². The molecule has 0 saturated heterocycles. The Morgan fingerprint density at radius 3 is 2.19 bits per heavy atom. The van der Waals surface area contributed by atoms with E-state index in [1.807, 2.05) is 0 Å². The number of aryl methyl sites for hydroxylation is 1. The summed E-state index contributed by atoms with van der Waals surface area (Å²) in [6.07, 6.45) is -7.35. The second-order valence-corrected chi connectivity index (χ2v) is 7.01. The maximum absolute atomic E-state index is 13.4. The van der Waals surface area contributed by atoms with E-state index in [0.717, 1.165) is 18.2 Å². The minimum atomic E-state index is -4.63. The van der Waals surface area contributed by atoms with Gasteiger partial charge in [-0.05, 0) is 47.9 Å². The van der Waals surface area contributed by atoms with Crippen LogP contribution in [0, 0.1) is 6.92 Å². The Balaban J connectivity index is 2.44. The van der Waals surface area contributed by atoms with Gasteiger partial charge in [0.25, 0.3) is 0 Å². The quantitative estimate of drug-likeness (QED) is 0.413. The van der Waals surface area contributed by atoms with Gasteiger partial charge >= 0.3 is 12.4 Å². The molecule has 2 aromatic rings. The predicted molar refractivity (Wildman–Crippen MR) is 93.2 cm³/mol. The maximum Gasteiger partial charge on any atom is 0.416 e. The fourth-order valence-corrected chi connectivity index (χ4v) is 3.31. The zero-order valence-corrected chi connectivity index (χ0v) is 15.6. The van der Waals surface area contributed by atoms with Gasteiger partial charge in [-0.3, -0.25) is 0 Å². The SMILES string of the molecule is Cc1ccc(/C=C/C(c2cc(Cl)cc(Br)c2)C(F)(F)F)cc1C(F)(F)F. The average Bonchev–Trinajstić information content (AvgIpc) is 2.45. The highest BCUT2D eigenvalue weighted by molar-refractivity contribution is 9.10. The second kappa shape index (κ2) is 7.64. The standard InChI is InChI=1S/C18H12BrClF6/c1-10-2-3-11(6-16(10)18(24,25)26)4-5-15(17(21,22)23)12-7-13(19)9-14(20)8-12/h2-9,15H,1H3/b5-4+.